The summed E-state index contributed by atoms with van der Waals surface area (Å²) in [5.41, 5.74) is 8.44. The SMILES string of the molecule is N#CCNC(=O)COc1ccc2c(c1)[C@H](N)CCC2. The summed E-state index contributed by atoms with van der Waals surface area (Å²) in [6.45, 7) is -0.0903. The summed E-state index contributed by atoms with van der Waals surface area (Å²) in [5.74, 6) is 0.340. The molecular weight excluding hydrogens is 242 g/mol. The maximum Gasteiger partial charge on any atom is 0.258 e. The van der Waals surface area contributed by atoms with Crippen LogP contribution in [0, 0.1) is 11.3 Å². The molecule has 0 spiro atoms. The molecule has 0 fully saturated rings. The van der Waals surface area contributed by atoms with Gasteiger partial charge in [0.25, 0.3) is 5.91 Å². The second kappa shape index (κ2) is 6.21. The van der Waals surface area contributed by atoms with Gasteiger partial charge in [0.15, 0.2) is 6.61 Å². The first-order valence-electron chi connectivity index (χ1n) is 6.35. The first-order valence-corrected chi connectivity index (χ1v) is 6.35. The number of fused-ring (bicyclic) bond motifs is 1. The van der Waals surface area contributed by atoms with Crippen molar-refractivity contribution in [2.24, 2.45) is 5.73 Å². The van der Waals surface area contributed by atoms with Crippen LogP contribution in [0.5, 0.6) is 5.75 Å². The van der Waals surface area contributed by atoms with Gasteiger partial charge in [0.05, 0.1) is 6.07 Å². The number of carbonyl (C=O) groups excluding carboxylic acids is 1. The molecule has 1 aromatic carbocycles. The van der Waals surface area contributed by atoms with Crippen molar-refractivity contribution in [3.8, 4) is 11.8 Å². The quantitative estimate of drug-likeness (QED) is 0.791. The highest BCUT2D eigenvalue weighted by Crippen LogP contribution is 2.30. The standard InChI is InChI=1S/C14H17N3O2/c15-6-7-17-14(18)9-19-11-5-4-10-2-1-3-13(16)12(10)8-11/h4-5,8,13H,1-3,7,9,16H2,(H,17,18)/t13-/m1/s1. The maximum absolute atomic E-state index is 11.3. The molecule has 0 saturated carbocycles. The fourth-order valence-electron chi connectivity index (χ4n) is 2.24. The molecule has 19 heavy (non-hydrogen) atoms. The highest BCUT2D eigenvalue weighted by Gasteiger charge is 2.17. The molecule has 0 radical (unpaired) electrons. The van der Waals surface area contributed by atoms with E-state index >= 15 is 0 Å². The lowest BCUT2D eigenvalue weighted by molar-refractivity contribution is -0.122. The van der Waals surface area contributed by atoms with Crippen LogP contribution in [0.1, 0.15) is 30.0 Å². The number of carbonyl (C=O) groups is 1. The third kappa shape index (κ3) is 3.46. The molecule has 0 saturated heterocycles. The average molecular weight is 259 g/mol. The second-order valence-corrected chi connectivity index (χ2v) is 4.58. The molecule has 3 N–H and O–H groups in total. The van der Waals surface area contributed by atoms with Gasteiger partial charge in [-0.15, -0.1) is 0 Å². The van der Waals surface area contributed by atoms with Gasteiger partial charge in [-0.25, -0.2) is 0 Å². The van der Waals surface area contributed by atoms with E-state index in [0.717, 1.165) is 24.8 Å². The van der Waals surface area contributed by atoms with Gasteiger partial charge in [-0.05, 0) is 42.5 Å². The lowest BCUT2D eigenvalue weighted by Crippen LogP contribution is -2.29. The summed E-state index contributed by atoms with van der Waals surface area (Å²) >= 11 is 0. The molecule has 2 rings (SSSR count). The number of nitrogens with one attached hydrogen (secondary N) is 1. The van der Waals surface area contributed by atoms with Crippen molar-refractivity contribution in [1.29, 1.82) is 5.26 Å². The largest absolute Gasteiger partial charge is 0.484 e. The number of nitrogens with zero attached hydrogens (tertiary/aromatic N) is 1. The Morgan fingerprint density at radius 3 is 3.21 bits per heavy atom. The number of ether oxygens (including phenoxy) is 1. The van der Waals surface area contributed by atoms with E-state index in [-0.39, 0.29) is 25.1 Å². The zero-order valence-corrected chi connectivity index (χ0v) is 10.7. The summed E-state index contributed by atoms with van der Waals surface area (Å²) in [5, 5.41) is 10.8. The van der Waals surface area contributed by atoms with E-state index < -0.39 is 0 Å². The molecule has 1 atom stereocenters. The number of amides is 1. The molecule has 5 heteroatoms. The van der Waals surface area contributed by atoms with E-state index in [0.29, 0.717) is 5.75 Å². The van der Waals surface area contributed by atoms with Crippen LogP contribution in [0.3, 0.4) is 0 Å². The third-order valence-electron chi connectivity index (χ3n) is 3.21. The number of hydrogen-bond acceptors (Lipinski definition) is 4. The van der Waals surface area contributed by atoms with Gasteiger partial charge in [0.1, 0.15) is 12.3 Å². The first kappa shape index (κ1) is 13.4. The van der Waals surface area contributed by atoms with Gasteiger partial charge in [-0.2, -0.15) is 5.26 Å². The smallest absolute Gasteiger partial charge is 0.258 e. The Labute approximate surface area is 112 Å². The highest BCUT2D eigenvalue weighted by molar-refractivity contribution is 5.77. The van der Waals surface area contributed by atoms with Crippen LogP contribution in [0.4, 0.5) is 0 Å². The Balaban J connectivity index is 1.97. The molecule has 0 aliphatic heterocycles. The summed E-state index contributed by atoms with van der Waals surface area (Å²) in [6.07, 6.45) is 3.15. The fraction of sp³-hybridized carbons (Fsp3) is 0.429. The molecule has 1 amide bonds. The number of benzene rings is 1. The number of hydrogen-bond donors (Lipinski definition) is 2. The fourth-order valence-corrected chi connectivity index (χ4v) is 2.24. The van der Waals surface area contributed by atoms with E-state index in [1.165, 1.54) is 5.56 Å². The van der Waals surface area contributed by atoms with Crippen LogP contribution in [0.25, 0.3) is 0 Å². The van der Waals surface area contributed by atoms with Crippen molar-refractivity contribution < 1.29 is 9.53 Å². The summed E-state index contributed by atoms with van der Waals surface area (Å²) in [7, 11) is 0. The van der Waals surface area contributed by atoms with Crippen molar-refractivity contribution in [2.75, 3.05) is 13.2 Å². The zero-order chi connectivity index (χ0) is 13.7. The molecule has 0 aromatic heterocycles. The van der Waals surface area contributed by atoms with Gasteiger partial charge in [0, 0.05) is 6.04 Å². The summed E-state index contributed by atoms with van der Waals surface area (Å²) in [6, 6.07) is 7.67. The second-order valence-electron chi connectivity index (χ2n) is 4.58. The molecule has 1 aliphatic rings. The van der Waals surface area contributed by atoms with Crippen LogP contribution in [-0.2, 0) is 11.2 Å². The van der Waals surface area contributed by atoms with Gasteiger partial charge in [0.2, 0.25) is 0 Å². The Morgan fingerprint density at radius 2 is 2.42 bits per heavy atom. The minimum atomic E-state index is -0.302. The van der Waals surface area contributed by atoms with Crippen molar-refractivity contribution in [3.05, 3.63) is 29.3 Å². The van der Waals surface area contributed by atoms with E-state index in [1.54, 1.807) is 0 Å². The Morgan fingerprint density at radius 1 is 1.58 bits per heavy atom. The highest BCUT2D eigenvalue weighted by atomic mass is 16.5. The van der Waals surface area contributed by atoms with Crippen molar-refractivity contribution in [3.63, 3.8) is 0 Å². The lowest BCUT2D eigenvalue weighted by atomic mass is 9.88. The molecular formula is C14H17N3O2. The molecule has 1 aliphatic carbocycles. The predicted octanol–water partition coefficient (Wildman–Crippen LogP) is 1.04. The van der Waals surface area contributed by atoms with Crippen LogP contribution in [-0.4, -0.2) is 19.1 Å². The maximum atomic E-state index is 11.3. The van der Waals surface area contributed by atoms with Gasteiger partial charge < -0.3 is 15.8 Å². The van der Waals surface area contributed by atoms with E-state index in [2.05, 4.69) is 5.32 Å². The van der Waals surface area contributed by atoms with Gasteiger partial charge in [-0.1, -0.05) is 6.07 Å². The van der Waals surface area contributed by atoms with Crippen LogP contribution in [0.2, 0.25) is 0 Å². The zero-order valence-electron chi connectivity index (χ0n) is 10.7. The molecule has 0 heterocycles. The van der Waals surface area contributed by atoms with E-state index in [1.807, 2.05) is 24.3 Å². The lowest BCUT2D eigenvalue weighted by Gasteiger charge is -2.22. The predicted molar refractivity (Wildman–Crippen MR) is 70.4 cm³/mol. The normalized spacial score (nSPS) is 17.2. The average Bonchev–Trinajstić information content (AvgIpc) is 2.43. The van der Waals surface area contributed by atoms with Crippen molar-refractivity contribution >= 4 is 5.91 Å². The molecule has 0 bridgehead atoms. The van der Waals surface area contributed by atoms with Crippen molar-refractivity contribution in [1.82, 2.24) is 5.32 Å². The monoisotopic (exact) mass is 259 g/mol. The molecule has 5 nitrogen and oxygen atoms in total. The van der Waals surface area contributed by atoms with Gasteiger partial charge in [-0.3, -0.25) is 4.79 Å². The molecule has 1 aromatic rings. The summed E-state index contributed by atoms with van der Waals surface area (Å²) < 4.78 is 5.40. The number of nitrogens with two attached hydrogens (primary N) is 1. The van der Waals surface area contributed by atoms with E-state index in [4.69, 9.17) is 15.7 Å². The van der Waals surface area contributed by atoms with Gasteiger partial charge >= 0.3 is 0 Å². The first-order chi connectivity index (χ1) is 9.20. The Hall–Kier alpha value is -2.06. The minimum absolute atomic E-state index is 0.00272. The molecule has 0 unspecified atom stereocenters. The van der Waals surface area contributed by atoms with E-state index in [9.17, 15) is 4.79 Å². The van der Waals surface area contributed by atoms with Crippen LogP contribution < -0.4 is 15.8 Å². The minimum Gasteiger partial charge on any atom is -0.484 e. The number of nitriles is 1. The Kier molecular flexibility index (Phi) is 4.37. The topological polar surface area (TPSA) is 88.1 Å². The molecule has 100 valence electrons. The Bertz CT molecular complexity index is 508. The number of rotatable bonds is 4. The van der Waals surface area contributed by atoms with Crippen molar-refractivity contribution in [2.45, 2.75) is 25.3 Å². The summed E-state index contributed by atoms with van der Waals surface area (Å²) in [4.78, 5) is 11.3. The van der Waals surface area contributed by atoms with Crippen LogP contribution >= 0.6 is 0 Å². The number of aryl methyl sites for hydroxylation is 1. The third-order valence-corrected chi connectivity index (χ3v) is 3.21. The van der Waals surface area contributed by atoms with Crippen LogP contribution in [0.15, 0.2) is 18.2 Å².